The van der Waals surface area contributed by atoms with E-state index in [1.807, 2.05) is 11.8 Å². The van der Waals surface area contributed by atoms with Gasteiger partial charge in [0.05, 0.1) is 6.54 Å². The van der Waals surface area contributed by atoms with Gasteiger partial charge in [0.15, 0.2) is 5.82 Å². The normalized spacial score (nSPS) is 15.5. The van der Waals surface area contributed by atoms with Crippen LogP contribution in [0, 0.1) is 6.92 Å². The predicted molar refractivity (Wildman–Crippen MR) is 58.8 cm³/mol. The fraction of sp³-hybridized carbons (Fsp3) is 0.700. The van der Waals surface area contributed by atoms with E-state index in [-0.39, 0.29) is 6.03 Å². The minimum Gasteiger partial charge on any atom is -0.325 e. The lowest BCUT2D eigenvalue weighted by Crippen LogP contribution is -2.39. The SMILES string of the molecule is Cc1nc(CN(C)C(=O)N2CCCC2)n[nH]1. The third-order valence-electron chi connectivity index (χ3n) is 2.73. The van der Waals surface area contributed by atoms with Gasteiger partial charge in [0.25, 0.3) is 0 Å². The zero-order valence-corrected chi connectivity index (χ0v) is 9.73. The Balaban J connectivity index is 1.91. The number of hydrogen-bond acceptors (Lipinski definition) is 3. The summed E-state index contributed by atoms with van der Waals surface area (Å²) in [6.45, 7) is 4.05. The number of nitrogens with one attached hydrogen (secondary N) is 1. The van der Waals surface area contributed by atoms with Gasteiger partial charge in [-0.3, -0.25) is 5.10 Å². The van der Waals surface area contributed by atoms with Crippen LogP contribution in [0.15, 0.2) is 0 Å². The quantitative estimate of drug-likeness (QED) is 0.805. The molecule has 0 saturated carbocycles. The molecule has 6 heteroatoms. The Bertz CT molecular complexity index is 369. The Labute approximate surface area is 94.6 Å². The number of rotatable bonds is 2. The summed E-state index contributed by atoms with van der Waals surface area (Å²) in [5.74, 6) is 1.43. The zero-order chi connectivity index (χ0) is 11.5. The van der Waals surface area contributed by atoms with E-state index in [0.29, 0.717) is 12.4 Å². The predicted octanol–water partition coefficient (Wildman–Crippen LogP) is 0.761. The van der Waals surface area contributed by atoms with Crippen LogP contribution in [-0.2, 0) is 6.54 Å². The maximum atomic E-state index is 11.9. The molecule has 16 heavy (non-hydrogen) atoms. The first kappa shape index (κ1) is 10.9. The van der Waals surface area contributed by atoms with Crippen LogP contribution in [0.5, 0.6) is 0 Å². The molecule has 1 N–H and O–H groups in total. The molecule has 1 fully saturated rings. The number of amides is 2. The largest absolute Gasteiger partial charge is 0.325 e. The molecule has 0 aromatic carbocycles. The van der Waals surface area contributed by atoms with Crippen LogP contribution in [0.2, 0.25) is 0 Å². The topological polar surface area (TPSA) is 65.1 Å². The molecule has 6 nitrogen and oxygen atoms in total. The second-order valence-electron chi connectivity index (χ2n) is 4.17. The van der Waals surface area contributed by atoms with E-state index < -0.39 is 0 Å². The Hall–Kier alpha value is -1.59. The van der Waals surface area contributed by atoms with Gasteiger partial charge in [0.1, 0.15) is 5.82 Å². The average molecular weight is 223 g/mol. The highest BCUT2D eigenvalue weighted by Gasteiger charge is 2.21. The molecule has 2 amide bonds. The van der Waals surface area contributed by atoms with Crippen LogP contribution in [-0.4, -0.2) is 51.1 Å². The third kappa shape index (κ3) is 2.32. The molecule has 88 valence electrons. The summed E-state index contributed by atoms with van der Waals surface area (Å²) in [6, 6.07) is 0.0694. The maximum Gasteiger partial charge on any atom is 0.320 e. The van der Waals surface area contributed by atoms with E-state index >= 15 is 0 Å². The summed E-state index contributed by atoms with van der Waals surface area (Å²) in [5, 5.41) is 6.79. The molecule has 0 atom stereocenters. The Morgan fingerprint density at radius 2 is 2.19 bits per heavy atom. The summed E-state index contributed by atoms with van der Waals surface area (Å²) in [4.78, 5) is 19.7. The summed E-state index contributed by atoms with van der Waals surface area (Å²) < 4.78 is 0. The number of urea groups is 1. The number of aromatic amines is 1. The standard InChI is InChI=1S/C10H17N5O/c1-8-11-9(13-12-8)7-14(2)10(16)15-5-3-4-6-15/h3-7H2,1-2H3,(H,11,12,13). The van der Waals surface area contributed by atoms with E-state index in [1.165, 1.54) is 0 Å². The Kier molecular flexibility index (Phi) is 3.07. The first-order chi connectivity index (χ1) is 7.66. The van der Waals surface area contributed by atoms with Crippen molar-refractivity contribution < 1.29 is 4.79 Å². The summed E-state index contributed by atoms with van der Waals surface area (Å²) >= 11 is 0. The highest BCUT2D eigenvalue weighted by Crippen LogP contribution is 2.10. The van der Waals surface area contributed by atoms with Crippen molar-refractivity contribution in [3.05, 3.63) is 11.6 Å². The summed E-state index contributed by atoms with van der Waals surface area (Å²) in [5.41, 5.74) is 0. The lowest BCUT2D eigenvalue weighted by atomic mass is 10.4. The monoisotopic (exact) mass is 223 g/mol. The molecule has 1 saturated heterocycles. The van der Waals surface area contributed by atoms with Crippen molar-refractivity contribution in [2.45, 2.75) is 26.3 Å². The van der Waals surface area contributed by atoms with Crippen LogP contribution in [0.25, 0.3) is 0 Å². The van der Waals surface area contributed by atoms with Gasteiger partial charge in [0.2, 0.25) is 0 Å². The number of H-pyrrole nitrogens is 1. The number of aromatic nitrogens is 3. The number of likely N-dealkylation sites (tertiary alicyclic amines) is 1. The lowest BCUT2D eigenvalue weighted by Gasteiger charge is -2.23. The first-order valence-corrected chi connectivity index (χ1v) is 5.55. The number of carbonyl (C=O) groups is 1. The molecule has 2 heterocycles. The van der Waals surface area contributed by atoms with Crippen molar-refractivity contribution in [2.75, 3.05) is 20.1 Å². The number of aryl methyl sites for hydroxylation is 1. The third-order valence-corrected chi connectivity index (χ3v) is 2.73. The van der Waals surface area contributed by atoms with Gasteiger partial charge >= 0.3 is 6.03 Å². The van der Waals surface area contributed by atoms with Gasteiger partial charge in [-0.05, 0) is 19.8 Å². The number of hydrogen-bond donors (Lipinski definition) is 1. The van der Waals surface area contributed by atoms with Crippen LogP contribution in [0.1, 0.15) is 24.5 Å². The lowest BCUT2D eigenvalue weighted by molar-refractivity contribution is 0.170. The number of carbonyl (C=O) groups excluding carboxylic acids is 1. The van der Waals surface area contributed by atoms with Gasteiger partial charge in [-0.15, -0.1) is 0 Å². The first-order valence-electron chi connectivity index (χ1n) is 5.55. The average Bonchev–Trinajstić information content (AvgIpc) is 2.88. The van der Waals surface area contributed by atoms with Crippen molar-refractivity contribution in [3.63, 3.8) is 0 Å². The van der Waals surface area contributed by atoms with Crippen molar-refractivity contribution >= 4 is 6.03 Å². The van der Waals surface area contributed by atoms with Crippen LogP contribution < -0.4 is 0 Å². The minimum atomic E-state index is 0.0694. The van der Waals surface area contributed by atoms with Crippen LogP contribution in [0.3, 0.4) is 0 Å². The second-order valence-corrected chi connectivity index (χ2v) is 4.17. The van der Waals surface area contributed by atoms with E-state index in [2.05, 4.69) is 15.2 Å². The van der Waals surface area contributed by atoms with E-state index in [4.69, 9.17) is 0 Å². The van der Waals surface area contributed by atoms with Gasteiger partial charge in [-0.1, -0.05) is 0 Å². The van der Waals surface area contributed by atoms with Crippen molar-refractivity contribution in [1.82, 2.24) is 25.0 Å². The molecule has 0 unspecified atom stereocenters. The molecule has 0 aliphatic carbocycles. The van der Waals surface area contributed by atoms with Crippen molar-refractivity contribution in [1.29, 1.82) is 0 Å². The molecule has 0 bridgehead atoms. The van der Waals surface area contributed by atoms with Gasteiger partial charge in [-0.2, -0.15) is 5.10 Å². The molecule has 1 aromatic rings. The zero-order valence-electron chi connectivity index (χ0n) is 9.73. The molecule has 1 aliphatic heterocycles. The van der Waals surface area contributed by atoms with E-state index in [9.17, 15) is 4.79 Å². The summed E-state index contributed by atoms with van der Waals surface area (Å²) in [6.07, 6.45) is 2.22. The van der Waals surface area contributed by atoms with E-state index in [1.54, 1.807) is 11.9 Å². The van der Waals surface area contributed by atoms with Gasteiger partial charge in [-0.25, -0.2) is 9.78 Å². The second kappa shape index (κ2) is 4.51. The fourth-order valence-corrected chi connectivity index (χ4v) is 1.89. The van der Waals surface area contributed by atoms with Crippen LogP contribution in [0.4, 0.5) is 4.79 Å². The van der Waals surface area contributed by atoms with E-state index in [0.717, 1.165) is 31.8 Å². The smallest absolute Gasteiger partial charge is 0.320 e. The molecule has 1 aliphatic rings. The molecule has 2 rings (SSSR count). The molecule has 1 aromatic heterocycles. The highest BCUT2D eigenvalue weighted by molar-refractivity contribution is 5.74. The molecular formula is C10H17N5O. The van der Waals surface area contributed by atoms with Crippen molar-refractivity contribution in [3.8, 4) is 0 Å². The molecule has 0 radical (unpaired) electrons. The maximum absolute atomic E-state index is 11.9. The van der Waals surface area contributed by atoms with Gasteiger partial charge < -0.3 is 9.80 Å². The minimum absolute atomic E-state index is 0.0694. The molecule has 0 spiro atoms. The van der Waals surface area contributed by atoms with Crippen molar-refractivity contribution in [2.24, 2.45) is 0 Å². The Morgan fingerprint density at radius 3 is 2.75 bits per heavy atom. The molecular weight excluding hydrogens is 206 g/mol. The number of nitrogens with zero attached hydrogens (tertiary/aromatic N) is 4. The Morgan fingerprint density at radius 1 is 1.50 bits per heavy atom. The highest BCUT2D eigenvalue weighted by atomic mass is 16.2. The van der Waals surface area contributed by atoms with Gasteiger partial charge in [0, 0.05) is 20.1 Å². The fourth-order valence-electron chi connectivity index (χ4n) is 1.89. The summed E-state index contributed by atoms with van der Waals surface area (Å²) in [7, 11) is 1.78. The van der Waals surface area contributed by atoms with Crippen LogP contribution >= 0.6 is 0 Å².